The average molecular weight is 536 g/mol. The van der Waals surface area contributed by atoms with Gasteiger partial charge in [0.2, 0.25) is 0 Å². The topological polar surface area (TPSA) is 71.4 Å². The van der Waals surface area contributed by atoms with Gasteiger partial charge < -0.3 is 10.1 Å². The first-order valence-corrected chi connectivity index (χ1v) is 13.8. The largest absolute Gasteiger partial charge is 0.379 e. The third kappa shape index (κ3) is 6.04. The van der Waals surface area contributed by atoms with Gasteiger partial charge in [-0.05, 0) is 54.0 Å². The molecule has 0 aliphatic carbocycles. The molecule has 0 spiro atoms. The van der Waals surface area contributed by atoms with E-state index in [-0.39, 0.29) is 17.5 Å². The number of ether oxygens (including phenoxy) is 1. The van der Waals surface area contributed by atoms with Crippen molar-refractivity contribution in [2.45, 2.75) is 46.1 Å². The minimum absolute atomic E-state index is 0.00128. The maximum absolute atomic E-state index is 13.2. The van der Waals surface area contributed by atoms with E-state index >= 15 is 0 Å². The van der Waals surface area contributed by atoms with Crippen LogP contribution in [-0.2, 0) is 10.2 Å². The van der Waals surface area contributed by atoms with Crippen molar-refractivity contribution in [1.29, 1.82) is 0 Å². The van der Waals surface area contributed by atoms with Crippen molar-refractivity contribution in [1.82, 2.24) is 14.7 Å². The number of hydrogen-bond donors (Lipinski definition) is 2. The summed E-state index contributed by atoms with van der Waals surface area (Å²) in [4.78, 5) is 15.5. The molecule has 4 aromatic rings. The van der Waals surface area contributed by atoms with Gasteiger partial charge in [-0.1, -0.05) is 69.0 Å². The number of aromatic nitrogens is 2. The molecule has 1 aliphatic heterocycles. The molecule has 206 valence electrons. The van der Waals surface area contributed by atoms with Gasteiger partial charge in [-0.15, -0.1) is 0 Å². The van der Waals surface area contributed by atoms with E-state index in [1.165, 1.54) is 5.56 Å². The van der Waals surface area contributed by atoms with Crippen LogP contribution in [-0.4, -0.2) is 53.1 Å². The molecule has 1 atom stereocenters. The molecule has 3 aromatic carbocycles. The fourth-order valence-corrected chi connectivity index (χ4v) is 4.92. The van der Waals surface area contributed by atoms with Crippen LogP contribution in [0, 0.1) is 18.8 Å². The Morgan fingerprint density at radius 2 is 1.75 bits per heavy atom. The maximum atomic E-state index is 13.2. The molecular formula is C33H37N5O2. The number of anilines is 2. The molecule has 1 fully saturated rings. The molecule has 2 N–H and O–H groups in total. The van der Waals surface area contributed by atoms with Gasteiger partial charge in [0.25, 0.3) is 0 Å². The number of aryl methyl sites for hydroxylation is 1. The van der Waals surface area contributed by atoms with E-state index in [4.69, 9.17) is 4.74 Å². The molecule has 1 unspecified atom stereocenters. The number of benzene rings is 3. The van der Waals surface area contributed by atoms with Crippen molar-refractivity contribution in [2.24, 2.45) is 0 Å². The van der Waals surface area contributed by atoms with E-state index in [0.29, 0.717) is 5.82 Å². The Bertz CT molecular complexity index is 1580. The van der Waals surface area contributed by atoms with Gasteiger partial charge in [-0.25, -0.2) is 9.48 Å². The van der Waals surface area contributed by atoms with Crippen LogP contribution in [0.1, 0.15) is 44.4 Å². The number of hydrogen-bond acceptors (Lipinski definition) is 4. The van der Waals surface area contributed by atoms with Gasteiger partial charge >= 0.3 is 6.03 Å². The second kappa shape index (κ2) is 11.5. The first kappa shape index (κ1) is 27.4. The van der Waals surface area contributed by atoms with Crippen LogP contribution in [0.5, 0.6) is 0 Å². The zero-order valence-corrected chi connectivity index (χ0v) is 23.9. The van der Waals surface area contributed by atoms with Crippen LogP contribution in [0.3, 0.4) is 0 Å². The number of amides is 2. The van der Waals surface area contributed by atoms with Crippen LogP contribution in [0.25, 0.3) is 16.5 Å². The molecule has 0 saturated carbocycles. The molecule has 1 aliphatic rings. The van der Waals surface area contributed by atoms with E-state index < -0.39 is 0 Å². The summed E-state index contributed by atoms with van der Waals surface area (Å²) >= 11 is 0. The molecule has 7 nitrogen and oxygen atoms in total. The number of nitrogens with zero attached hydrogens (tertiary/aromatic N) is 3. The molecule has 1 aromatic heterocycles. The summed E-state index contributed by atoms with van der Waals surface area (Å²) in [7, 11) is 0. The van der Waals surface area contributed by atoms with Crippen LogP contribution >= 0.6 is 0 Å². The summed E-state index contributed by atoms with van der Waals surface area (Å²) in [6.07, 6.45) is 1.69. The molecule has 2 heterocycles. The Balaban J connectivity index is 1.36. The zero-order valence-electron chi connectivity index (χ0n) is 23.9. The van der Waals surface area contributed by atoms with E-state index in [9.17, 15) is 4.79 Å². The van der Waals surface area contributed by atoms with Gasteiger partial charge in [0.05, 0.1) is 36.8 Å². The normalized spacial score (nSPS) is 14.8. The Morgan fingerprint density at radius 1 is 1.00 bits per heavy atom. The minimum atomic E-state index is -0.337. The number of morpholine rings is 1. The van der Waals surface area contributed by atoms with Crippen LogP contribution in [0.4, 0.5) is 16.3 Å². The predicted molar refractivity (Wildman–Crippen MR) is 162 cm³/mol. The maximum Gasteiger partial charge on any atom is 0.324 e. The average Bonchev–Trinajstić information content (AvgIpc) is 3.40. The fraction of sp³-hybridized carbons (Fsp3) is 0.333. The first-order chi connectivity index (χ1) is 19.2. The number of urea groups is 1. The highest BCUT2D eigenvalue weighted by molar-refractivity contribution is 6.07. The van der Waals surface area contributed by atoms with Crippen molar-refractivity contribution in [3.05, 3.63) is 83.6 Å². The van der Waals surface area contributed by atoms with Crippen molar-refractivity contribution >= 4 is 28.3 Å². The SMILES string of the molecule is Cc1ccc(C(C)(C)C)cc1-n1nccc1NC(=O)Nc1ccc(C#CC(C)N2CCOCC2)c2ccccc12. The summed E-state index contributed by atoms with van der Waals surface area (Å²) in [5, 5.41) is 12.5. The molecule has 2 amide bonds. The number of carbonyl (C=O) groups is 1. The fourth-order valence-electron chi connectivity index (χ4n) is 4.92. The lowest BCUT2D eigenvalue weighted by Gasteiger charge is -2.29. The smallest absolute Gasteiger partial charge is 0.324 e. The van der Waals surface area contributed by atoms with Crippen LogP contribution in [0.2, 0.25) is 0 Å². The Morgan fingerprint density at radius 3 is 2.50 bits per heavy atom. The van der Waals surface area contributed by atoms with Gasteiger partial charge in [0, 0.05) is 30.1 Å². The quantitative estimate of drug-likeness (QED) is 0.299. The molecule has 5 rings (SSSR count). The predicted octanol–water partition coefficient (Wildman–Crippen LogP) is 6.35. The van der Waals surface area contributed by atoms with Crippen molar-refractivity contribution in [2.75, 3.05) is 36.9 Å². The monoisotopic (exact) mass is 535 g/mol. The molecule has 1 saturated heterocycles. The lowest BCUT2D eigenvalue weighted by atomic mass is 9.86. The van der Waals surface area contributed by atoms with E-state index in [1.807, 2.05) is 43.3 Å². The molecule has 0 radical (unpaired) electrons. The second-order valence-corrected chi connectivity index (χ2v) is 11.3. The summed E-state index contributed by atoms with van der Waals surface area (Å²) in [5.41, 5.74) is 4.87. The summed E-state index contributed by atoms with van der Waals surface area (Å²) in [6, 6.07) is 19.9. The Hall–Kier alpha value is -4.12. The lowest BCUT2D eigenvalue weighted by Crippen LogP contribution is -2.41. The zero-order chi connectivity index (χ0) is 28.3. The Labute approximate surface area is 236 Å². The second-order valence-electron chi connectivity index (χ2n) is 11.3. The van der Waals surface area contributed by atoms with Crippen LogP contribution < -0.4 is 10.6 Å². The number of rotatable bonds is 4. The minimum Gasteiger partial charge on any atom is -0.379 e. The standard InChI is InChI=1S/C33H37N5O2/c1-23-10-14-26(33(3,4)5)22-30(23)38-31(16-17-34-38)36-32(39)35-29-15-13-25(27-8-6-7-9-28(27)29)12-11-24(2)37-18-20-40-21-19-37/h6-10,13-17,22,24H,18-21H2,1-5H3,(H2,35,36,39). The van der Waals surface area contributed by atoms with Crippen LogP contribution in [0.15, 0.2) is 66.9 Å². The number of nitrogens with one attached hydrogen (secondary N) is 2. The Kier molecular flexibility index (Phi) is 7.92. The lowest BCUT2D eigenvalue weighted by molar-refractivity contribution is 0.0302. The van der Waals surface area contributed by atoms with E-state index in [1.54, 1.807) is 16.9 Å². The summed E-state index contributed by atoms with van der Waals surface area (Å²) < 4.78 is 7.24. The highest BCUT2D eigenvalue weighted by Gasteiger charge is 2.18. The third-order valence-corrected chi connectivity index (χ3v) is 7.37. The summed E-state index contributed by atoms with van der Waals surface area (Å²) in [5.74, 6) is 7.37. The van der Waals surface area contributed by atoms with Gasteiger partial charge in [0.1, 0.15) is 5.82 Å². The highest BCUT2D eigenvalue weighted by atomic mass is 16.5. The van der Waals surface area contributed by atoms with Crippen molar-refractivity contribution < 1.29 is 9.53 Å². The number of fused-ring (bicyclic) bond motifs is 1. The molecular weight excluding hydrogens is 498 g/mol. The first-order valence-electron chi connectivity index (χ1n) is 13.8. The van der Waals surface area contributed by atoms with Gasteiger partial charge in [0.15, 0.2) is 0 Å². The van der Waals surface area contributed by atoms with Gasteiger partial charge in [-0.3, -0.25) is 10.2 Å². The number of carbonyl (C=O) groups excluding carboxylic acids is 1. The van der Waals surface area contributed by atoms with Crippen molar-refractivity contribution in [3.63, 3.8) is 0 Å². The van der Waals surface area contributed by atoms with Gasteiger partial charge in [-0.2, -0.15) is 5.10 Å². The molecule has 40 heavy (non-hydrogen) atoms. The van der Waals surface area contributed by atoms with Crippen molar-refractivity contribution in [3.8, 4) is 17.5 Å². The summed E-state index contributed by atoms with van der Waals surface area (Å²) in [6.45, 7) is 14.0. The third-order valence-electron chi connectivity index (χ3n) is 7.37. The van der Waals surface area contributed by atoms with E-state index in [2.05, 4.69) is 78.4 Å². The molecule has 7 heteroatoms. The highest BCUT2D eigenvalue weighted by Crippen LogP contribution is 2.29. The van der Waals surface area contributed by atoms with E-state index in [0.717, 1.165) is 59.6 Å². The molecule has 0 bridgehead atoms.